The van der Waals surface area contributed by atoms with Crippen LogP contribution in [0.3, 0.4) is 0 Å². The lowest BCUT2D eigenvalue weighted by Gasteiger charge is -2.17. The summed E-state index contributed by atoms with van der Waals surface area (Å²) in [4.78, 5) is 22.6. The second-order valence-corrected chi connectivity index (χ2v) is 8.09. The van der Waals surface area contributed by atoms with Crippen molar-refractivity contribution in [1.82, 2.24) is 0 Å². The number of hydrogen-bond donors (Lipinski definition) is 1. The van der Waals surface area contributed by atoms with Gasteiger partial charge in [0.1, 0.15) is 5.02 Å². The van der Waals surface area contributed by atoms with Gasteiger partial charge in [-0.1, -0.05) is 11.6 Å². The number of anilines is 2. The molecule has 1 N–H and O–H groups in total. The maximum atomic E-state index is 12.3. The lowest BCUT2D eigenvalue weighted by atomic mass is 10.2. The molecule has 3 rings (SSSR count). The zero-order valence-corrected chi connectivity index (χ0v) is 15.0. The second kappa shape index (κ2) is 6.93. The molecule has 1 heterocycles. The Morgan fingerprint density at radius 2 is 1.88 bits per heavy atom. The number of hydrogen-bond acceptors (Lipinski definition) is 5. The molecule has 1 aliphatic heterocycles. The molecule has 10 heteroatoms. The van der Waals surface area contributed by atoms with Gasteiger partial charge in [-0.25, -0.2) is 8.42 Å². The molecule has 1 saturated heterocycles. The number of nitrogens with one attached hydrogen (secondary N) is 1. The first-order chi connectivity index (χ1) is 12.3. The minimum atomic E-state index is -3.28. The number of carbonyl (C=O) groups is 1. The van der Waals surface area contributed by atoms with Crippen LogP contribution in [-0.2, 0) is 10.0 Å². The average molecular weight is 396 g/mol. The molecule has 26 heavy (non-hydrogen) atoms. The van der Waals surface area contributed by atoms with Gasteiger partial charge in [-0.2, -0.15) is 0 Å². The summed E-state index contributed by atoms with van der Waals surface area (Å²) in [6, 6.07) is 10.1. The van der Waals surface area contributed by atoms with Gasteiger partial charge in [-0.3, -0.25) is 19.2 Å². The van der Waals surface area contributed by atoms with E-state index >= 15 is 0 Å². The molecule has 8 nitrogen and oxygen atoms in total. The summed E-state index contributed by atoms with van der Waals surface area (Å²) in [6.45, 7) is 0.419. The predicted molar refractivity (Wildman–Crippen MR) is 98.3 cm³/mol. The Balaban J connectivity index is 1.77. The molecule has 0 aliphatic carbocycles. The predicted octanol–water partition coefficient (Wildman–Crippen LogP) is 3.04. The molecule has 0 atom stereocenters. The Kier molecular flexibility index (Phi) is 4.84. The molecule has 0 saturated carbocycles. The van der Waals surface area contributed by atoms with Crippen molar-refractivity contribution in [2.24, 2.45) is 0 Å². The van der Waals surface area contributed by atoms with Crippen molar-refractivity contribution < 1.29 is 18.1 Å². The molecule has 0 unspecified atom stereocenters. The van der Waals surface area contributed by atoms with Gasteiger partial charge in [0, 0.05) is 23.9 Å². The van der Waals surface area contributed by atoms with E-state index in [0.717, 1.165) is 0 Å². The molecule has 2 aromatic carbocycles. The van der Waals surface area contributed by atoms with Crippen molar-refractivity contribution >= 4 is 44.6 Å². The summed E-state index contributed by atoms with van der Waals surface area (Å²) >= 11 is 5.74. The fourth-order valence-corrected chi connectivity index (χ4v) is 4.39. The van der Waals surface area contributed by atoms with E-state index in [4.69, 9.17) is 11.6 Å². The molecule has 1 fully saturated rings. The summed E-state index contributed by atoms with van der Waals surface area (Å²) in [6.07, 6.45) is 0.569. The molecular weight excluding hydrogens is 382 g/mol. The summed E-state index contributed by atoms with van der Waals surface area (Å²) < 4.78 is 25.2. The second-order valence-electron chi connectivity index (χ2n) is 5.67. The lowest BCUT2D eigenvalue weighted by Crippen LogP contribution is -2.25. The van der Waals surface area contributed by atoms with E-state index in [1.165, 1.54) is 34.6 Å². The Morgan fingerprint density at radius 3 is 2.46 bits per heavy atom. The first kappa shape index (κ1) is 18.2. The third-order valence-corrected chi connectivity index (χ3v) is 6.11. The number of amides is 1. The monoisotopic (exact) mass is 395 g/mol. The van der Waals surface area contributed by atoms with Gasteiger partial charge >= 0.3 is 0 Å². The standard InChI is InChI=1S/C16H14ClN3O5S/c17-14-7-4-12(10-15(14)20(22)23)18-16(21)11-2-5-13(6-3-11)19-8-1-9-26(19,24)25/h2-7,10H,1,8-9H2,(H,18,21). The van der Waals surface area contributed by atoms with Crippen LogP contribution >= 0.6 is 11.6 Å². The number of benzene rings is 2. The van der Waals surface area contributed by atoms with Crippen LogP contribution in [0.5, 0.6) is 0 Å². The van der Waals surface area contributed by atoms with E-state index in [-0.39, 0.29) is 22.2 Å². The van der Waals surface area contributed by atoms with E-state index in [9.17, 15) is 23.3 Å². The van der Waals surface area contributed by atoms with Gasteiger partial charge in [0.25, 0.3) is 11.6 Å². The maximum absolute atomic E-state index is 12.3. The van der Waals surface area contributed by atoms with E-state index in [0.29, 0.717) is 24.2 Å². The van der Waals surface area contributed by atoms with Crippen molar-refractivity contribution in [2.75, 3.05) is 21.9 Å². The third-order valence-electron chi connectivity index (χ3n) is 3.92. The zero-order valence-electron chi connectivity index (χ0n) is 13.4. The molecule has 0 bridgehead atoms. The molecule has 2 aromatic rings. The minimum absolute atomic E-state index is 0.0239. The number of nitro groups is 1. The largest absolute Gasteiger partial charge is 0.322 e. The van der Waals surface area contributed by atoms with Crippen molar-refractivity contribution in [3.05, 3.63) is 63.2 Å². The number of sulfonamides is 1. The maximum Gasteiger partial charge on any atom is 0.289 e. The van der Waals surface area contributed by atoms with Crippen LogP contribution in [0.15, 0.2) is 42.5 Å². The van der Waals surface area contributed by atoms with Crippen molar-refractivity contribution in [3.8, 4) is 0 Å². The summed E-state index contributed by atoms with van der Waals surface area (Å²) in [5.41, 5.74) is 0.723. The Morgan fingerprint density at radius 1 is 1.19 bits per heavy atom. The zero-order chi connectivity index (χ0) is 18.9. The highest BCUT2D eigenvalue weighted by Crippen LogP contribution is 2.28. The van der Waals surface area contributed by atoms with Gasteiger partial charge in [-0.15, -0.1) is 0 Å². The number of nitro benzene ring substituents is 1. The molecule has 0 radical (unpaired) electrons. The quantitative estimate of drug-likeness (QED) is 0.632. The third kappa shape index (κ3) is 3.63. The summed E-state index contributed by atoms with van der Waals surface area (Å²) in [7, 11) is -3.28. The molecule has 1 aliphatic rings. The number of halogens is 1. The highest BCUT2D eigenvalue weighted by Gasteiger charge is 2.28. The molecule has 136 valence electrons. The smallest absolute Gasteiger partial charge is 0.289 e. The van der Waals surface area contributed by atoms with E-state index in [2.05, 4.69) is 5.32 Å². The number of rotatable bonds is 4. The highest BCUT2D eigenvalue weighted by molar-refractivity contribution is 7.93. The fraction of sp³-hybridized carbons (Fsp3) is 0.188. The van der Waals surface area contributed by atoms with Gasteiger partial charge < -0.3 is 5.32 Å². The number of carbonyl (C=O) groups excluding carboxylic acids is 1. The first-order valence-corrected chi connectivity index (χ1v) is 9.62. The molecule has 0 spiro atoms. The fourth-order valence-electron chi connectivity index (χ4n) is 2.64. The minimum Gasteiger partial charge on any atom is -0.322 e. The normalized spacial score (nSPS) is 15.7. The van der Waals surface area contributed by atoms with E-state index in [1.54, 1.807) is 12.1 Å². The van der Waals surface area contributed by atoms with Gasteiger partial charge in [-0.05, 0) is 42.8 Å². The van der Waals surface area contributed by atoms with Crippen LogP contribution in [0.2, 0.25) is 5.02 Å². The van der Waals surface area contributed by atoms with Crippen LogP contribution in [0.4, 0.5) is 17.1 Å². The van der Waals surface area contributed by atoms with Gasteiger partial charge in [0.15, 0.2) is 0 Å². The SMILES string of the molecule is O=C(Nc1ccc(Cl)c([N+](=O)[O-])c1)c1ccc(N2CCCS2(=O)=O)cc1. The van der Waals surface area contributed by atoms with Crippen molar-refractivity contribution in [3.63, 3.8) is 0 Å². The van der Waals surface area contributed by atoms with Crippen molar-refractivity contribution in [2.45, 2.75) is 6.42 Å². The molecule has 1 amide bonds. The van der Waals surface area contributed by atoms with Gasteiger partial charge in [0.2, 0.25) is 10.0 Å². The van der Waals surface area contributed by atoms with Crippen LogP contribution in [-0.4, -0.2) is 31.5 Å². The van der Waals surface area contributed by atoms with Crippen LogP contribution < -0.4 is 9.62 Å². The van der Waals surface area contributed by atoms with Gasteiger partial charge in [0.05, 0.1) is 16.4 Å². The first-order valence-electron chi connectivity index (χ1n) is 7.64. The number of nitrogens with zero attached hydrogens (tertiary/aromatic N) is 2. The van der Waals surface area contributed by atoms with Crippen LogP contribution in [0, 0.1) is 10.1 Å². The van der Waals surface area contributed by atoms with E-state index < -0.39 is 20.9 Å². The van der Waals surface area contributed by atoms with E-state index in [1.807, 2.05) is 0 Å². The molecule has 0 aromatic heterocycles. The summed E-state index contributed by atoms with van der Waals surface area (Å²) in [5.74, 6) is -0.359. The Hall–Kier alpha value is -2.65. The lowest BCUT2D eigenvalue weighted by molar-refractivity contribution is -0.384. The summed E-state index contributed by atoms with van der Waals surface area (Å²) in [5, 5.41) is 13.4. The highest BCUT2D eigenvalue weighted by atomic mass is 35.5. The Labute approximate surface area is 154 Å². The van der Waals surface area contributed by atoms with Crippen LogP contribution in [0.1, 0.15) is 16.8 Å². The topological polar surface area (TPSA) is 110 Å². The molecular formula is C16H14ClN3O5S. The Bertz CT molecular complexity index is 976. The average Bonchev–Trinajstić information content (AvgIpc) is 2.95. The van der Waals surface area contributed by atoms with Crippen LogP contribution in [0.25, 0.3) is 0 Å². The van der Waals surface area contributed by atoms with Crippen molar-refractivity contribution in [1.29, 1.82) is 0 Å².